The van der Waals surface area contributed by atoms with Crippen molar-refractivity contribution in [1.82, 2.24) is 5.32 Å². The Morgan fingerprint density at radius 1 is 1.67 bits per heavy atom. The maximum Gasteiger partial charge on any atom is 0.237 e. The number of amides is 1. The molecule has 0 fully saturated rings. The molecule has 1 unspecified atom stereocenters. The van der Waals surface area contributed by atoms with Crippen LogP contribution in [0.2, 0.25) is 0 Å². The normalized spacial score (nSPS) is 11.9. The van der Waals surface area contributed by atoms with Crippen LogP contribution >= 0.6 is 0 Å². The van der Waals surface area contributed by atoms with Crippen LogP contribution in [0.4, 0.5) is 0 Å². The second kappa shape index (κ2) is 8.20. The van der Waals surface area contributed by atoms with E-state index < -0.39 is 6.04 Å². The fraction of sp³-hybridized carbons (Fsp3) is 0.545. The molecule has 0 aliphatic carbocycles. The van der Waals surface area contributed by atoms with Crippen molar-refractivity contribution in [2.75, 3.05) is 19.8 Å². The Morgan fingerprint density at radius 2 is 2.33 bits per heavy atom. The predicted octanol–water partition coefficient (Wildman–Crippen LogP) is 0.599. The minimum absolute atomic E-state index is 0.172. The summed E-state index contributed by atoms with van der Waals surface area (Å²) in [6.07, 6.45) is 2.11. The van der Waals surface area contributed by atoms with Crippen molar-refractivity contribution >= 4 is 5.91 Å². The van der Waals surface area contributed by atoms with E-state index in [1.54, 1.807) is 6.08 Å². The van der Waals surface area contributed by atoms with Gasteiger partial charge < -0.3 is 15.8 Å². The van der Waals surface area contributed by atoms with Crippen molar-refractivity contribution in [3.05, 3.63) is 24.8 Å². The smallest absolute Gasteiger partial charge is 0.237 e. The molecule has 0 heterocycles. The lowest BCUT2D eigenvalue weighted by Gasteiger charge is -2.10. The predicted molar refractivity (Wildman–Crippen MR) is 61.4 cm³/mol. The summed E-state index contributed by atoms with van der Waals surface area (Å²) in [6.45, 7) is 10.6. The highest BCUT2D eigenvalue weighted by Gasteiger charge is 2.09. The zero-order chi connectivity index (χ0) is 11.7. The Hall–Kier alpha value is -1.13. The second-order valence-corrected chi connectivity index (χ2v) is 3.43. The summed E-state index contributed by atoms with van der Waals surface area (Å²) in [7, 11) is 0. The van der Waals surface area contributed by atoms with Crippen LogP contribution in [-0.2, 0) is 9.53 Å². The van der Waals surface area contributed by atoms with E-state index in [0.29, 0.717) is 26.2 Å². The molecule has 3 N–H and O–H groups in total. The van der Waals surface area contributed by atoms with Gasteiger partial charge in [-0.3, -0.25) is 4.79 Å². The maximum atomic E-state index is 11.3. The zero-order valence-corrected chi connectivity index (χ0v) is 9.29. The van der Waals surface area contributed by atoms with E-state index in [1.165, 1.54) is 0 Å². The number of ether oxygens (including phenoxy) is 1. The number of hydrogen-bond acceptors (Lipinski definition) is 3. The minimum atomic E-state index is -0.511. The third kappa shape index (κ3) is 7.90. The monoisotopic (exact) mass is 212 g/mol. The quantitative estimate of drug-likeness (QED) is 0.457. The Balaban J connectivity index is 3.46. The fourth-order valence-electron chi connectivity index (χ4n) is 0.910. The number of carbonyl (C=O) groups is 1. The standard InChI is InChI=1S/C11H20N2O2/c1-4-5-10(12)11(14)13-6-7-15-8-9(2)3/h4,10H,1-2,5-8,12H2,3H3,(H,13,14). The third-order valence-corrected chi connectivity index (χ3v) is 1.65. The molecule has 15 heavy (non-hydrogen) atoms. The molecule has 4 heteroatoms. The van der Waals surface area contributed by atoms with Crippen LogP contribution in [0.5, 0.6) is 0 Å². The molecule has 0 aromatic carbocycles. The highest BCUT2D eigenvalue weighted by molar-refractivity contribution is 5.81. The van der Waals surface area contributed by atoms with Gasteiger partial charge in [0.15, 0.2) is 0 Å². The van der Waals surface area contributed by atoms with Gasteiger partial charge in [0.2, 0.25) is 5.91 Å². The topological polar surface area (TPSA) is 64.4 Å². The van der Waals surface area contributed by atoms with Crippen molar-refractivity contribution in [2.24, 2.45) is 5.73 Å². The first kappa shape index (κ1) is 13.9. The molecule has 0 aliphatic rings. The largest absolute Gasteiger partial charge is 0.375 e. The Labute approximate surface area is 91.2 Å². The first-order valence-corrected chi connectivity index (χ1v) is 4.94. The van der Waals surface area contributed by atoms with E-state index in [2.05, 4.69) is 18.5 Å². The van der Waals surface area contributed by atoms with Gasteiger partial charge in [-0.25, -0.2) is 0 Å². The lowest BCUT2D eigenvalue weighted by molar-refractivity contribution is -0.122. The molecule has 0 aromatic heterocycles. The Bertz CT molecular complexity index is 227. The molecule has 0 rings (SSSR count). The van der Waals surface area contributed by atoms with Crippen LogP contribution in [-0.4, -0.2) is 31.7 Å². The van der Waals surface area contributed by atoms with Gasteiger partial charge in [0.1, 0.15) is 0 Å². The molecule has 0 saturated heterocycles. The average Bonchev–Trinajstić information content (AvgIpc) is 2.16. The highest BCUT2D eigenvalue weighted by atomic mass is 16.5. The molecule has 0 spiro atoms. The fourth-order valence-corrected chi connectivity index (χ4v) is 0.910. The van der Waals surface area contributed by atoms with Crippen LogP contribution in [0.15, 0.2) is 24.8 Å². The van der Waals surface area contributed by atoms with E-state index in [1.807, 2.05) is 6.92 Å². The molecule has 0 radical (unpaired) electrons. The highest BCUT2D eigenvalue weighted by Crippen LogP contribution is 1.89. The lowest BCUT2D eigenvalue weighted by atomic mass is 10.2. The first-order valence-electron chi connectivity index (χ1n) is 4.94. The molecule has 0 saturated carbocycles. The molecule has 0 aromatic rings. The van der Waals surface area contributed by atoms with Gasteiger partial charge in [0.25, 0.3) is 0 Å². The number of carbonyl (C=O) groups excluding carboxylic acids is 1. The van der Waals surface area contributed by atoms with Crippen LogP contribution < -0.4 is 11.1 Å². The second-order valence-electron chi connectivity index (χ2n) is 3.43. The molecular weight excluding hydrogens is 192 g/mol. The zero-order valence-electron chi connectivity index (χ0n) is 9.29. The van der Waals surface area contributed by atoms with Gasteiger partial charge in [-0.15, -0.1) is 6.58 Å². The van der Waals surface area contributed by atoms with Gasteiger partial charge in [-0.1, -0.05) is 18.2 Å². The van der Waals surface area contributed by atoms with Gasteiger partial charge in [-0.05, 0) is 13.3 Å². The van der Waals surface area contributed by atoms with Crippen LogP contribution in [0, 0.1) is 0 Å². The Kier molecular flexibility index (Phi) is 7.58. The van der Waals surface area contributed by atoms with Crippen LogP contribution in [0.1, 0.15) is 13.3 Å². The van der Waals surface area contributed by atoms with E-state index in [-0.39, 0.29) is 5.91 Å². The lowest BCUT2D eigenvalue weighted by Crippen LogP contribution is -2.41. The van der Waals surface area contributed by atoms with E-state index >= 15 is 0 Å². The Morgan fingerprint density at radius 3 is 2.87 bits per heavy atom. The first-order chi connectivity index (χ1) is 7.07. The third-order valence-electron chi connectivity index (χ3n) is 1.65. The van der Waals surface area contributed by atoms with E-state index in [0.717, 1.165) is 5.57 Å². The van der Waals surface area contributed by atoms with Gasteiger partial charge >= 0.3 is 0 Å². The average molecular weight is 212 g/mol. The van der Waals surface area contributed by atoms with Crippen molar-refractivity contribution in [3.8, 4) is 0 Å². The van der Waals surface area contributed by atoms with Crippen molar-refractivity contribution < 1.29 is 9.53 Å². The van der Waals surface area contributed by atoms with Crippen molar-refractivity contribution in [1.29, 1.82) is 0 Å². The summed E-state index contributed by atoms with van der Waals surface area (Å²) < 4.78 is 5.21. The number of hydrogen-bond donors (Lipinski definition) is 2. The van der Waals surface area contributed by atoms with Gasteiger partial charge in [0, 0.05) is 6.54 Å². The summed E-state index contributed by atoms with van der Waals surface area (Å²) >= 11 is 0. The molecular formula is C11H20N2O2. The molecule has 0 bridgehead atoms. The van der Waals surface area contributed by atoms with Crippen molar-refractivity contribution in [2.45, 2.75) is 19.4 Å². The van der Waals surface area contributed by atoms with E-state index in [4.69, 9.17) is 10.5 Å². The summed E-state index contributed by atoms with van der Waals surface area (Å²) in [6, 6.07) is -0.511. The summed E-state index contributed by atoms with van der Waals surface area (Å²) in [4.78, 5) is 11.3. The van der Waals surface area contributed by atoms with Gasteiger partial charge in [-0.2, -0.15) is 0 Å². The SMILES string of the molecule is C=CCC(N)C(=O)NCCOCC(=C)C. The summed E-state index contributed by atoms with van der Waals surface area (Å²) in [5, 5.41) is 2.67. The molecule has 4 nitrogen and oxygen atoms in total. The number of nitrogens with two attached hydrogens (primary N) is 1. The minimum Gasteiger partial charge on any atom is -0.375 e. The van der Waals surface area contributed by atoms with Gasteiger partial charge in [0.05, 0.1) is 19.3 Å². The van der Waals surface area contributed by atoms with Crippen LogP contribution in [0.3, 0.4) is 0 Å². The van der Waals surface area contributed by atoms with Crippen LogP contribution in [0.25, 0.3) is 0 Å². The summed E-state index contributed by atoms with van der Waals surface area (Å²) in [5.74, 6) is -0.172. The van der Waals surface area contributed by atoms with E-state index in [9.17, 15) is 4.79 Å². The molecule has 1 atom stereocenters. The summed E-state index contributed by atoms with van der Waals surface area (Å²) in [5.41, 5.74) is 6.52. The number of rotatable bonds is 8. The van der Waals surface area contributed by atoms with Crippen molar-refractivity contribution in [3.63, 3.8) is 0 Å². The molecule has 86 valence electrons. The molecule has 0 aliphatic heterocycles. The molecule has 1 amide bonds. The number of nitrogens with one attached hydrogen (secondary N) is 1. The maximum absolute atomic E-state index is 11.3.